The first-order valence-corrected chi connectivity index (χ1v) is 7.93. The number of amides is 2. The van der Waals surface area contributed by atoms with Gasteiger partial charge >= 0.3 is 6.03 Å². The molecule has 6 heteroatoms. The maximum Gasteiger partial charge on any atom is 0.314 e. The zero-order valence-corrected chi connectivity index (χ0v) is 14.4. The molecule has 1 heterocycles. The first-order valence-electron chi connectivity index (χ1n) is 7.93. The van der Waals surface area contributed by atoms with Crippen LogP contribution in [-0.2, 0) is 12.0 Å². The lowest BCUT2D eigenvalue weighted by atomic mass is 10.0. The standard InChI is InChI=1S/C18H25N3O3/c1-18(23,16-5-4-12-24-16)13-20-17(22)19-11-10-14-6-8-15(9-7-14)21(2)3/h4-9,12,23H,10-11,13H2,1-3H3,(H2,19,20,22). The van der Waals surface area contributed by atoms with Crippen molar-refractivity contribution in [3.63, 3.8) is 0 Å². The molecule has 0 aliphatic rings. The number of hydrogen-bond donors (Lipinski definition) is 3. The van der Waals surface area contributed by atoms with Gasteiger partial charge in [-0.05, 0) is 43.2 Å². The van der Waals surface area contributed by atoms with Gasteiger partial charge in [0.1, 0.15) is 11.4 Å². The molecule has 0 saturated heterocycles. The number of rotatable bonds is 7. The van der Waals surface area contributed by atoms with Crippen LogP contribution in [0.15, 0.2) is 47.1 Å². The van der Waals surface area contributed by atoms with Crippen molar-refractivity contribution in [3.8, 4) is 0 Å². The highest BCUT2D eigenvalue weighted by molar-refractivity contribution is 5.73. The molecule has 0 radical (unpaired) electrons. The molecule has 0 bridgehead atoms. The minimum Gasteiger partial charge on any atom is -0.466 e. The summed E-state index contributed by atoms with van der Waals surface area (Å²) in [5.41, 5.74) is 1.07. The quantitative estimate of drug-likeness (QED) is 0.726. The van der Waals surface area contributed by atoms with Crippen LogP contribution in [0.2, 0.25) is 0 Å². The first-order chi connectivity index (χ1) is 11.4. The molecule has 0 aliphatic heterocycles. The van der Waals surface area contributed by atoms with Crippen LogP contribution in [-0.4, -0.2) is 38.3 Å². The lowest BCUT2D eigenvalue weighted by molar-refractivity contribution is 0.0367. The van der Waals surface area contributed by atoms with Crippen LogP contribution in [0.25, 0.3) is 0 Å². The second-order valence-corrected chi connectivity index (χ2v) is 6.17. The molecule has 2 rings (SSSR count). The fourth-order valence-electron chi connectivity index (χ4n) is 2.27. The molecule has 1 aromatic carbocycles. The van der Waals surface area contributed by atoms with Crippen molar-refractivity contribution in [1.82, 2.24) is 10.6 Å². The summed E-state index contributed by atoms with van der Waals surface area (Å²) in [6, 6.07) is 11.3. The van der Waals surface area contributed by atoms with E-state index < -0.39 is 5.60 Å². The van der Waals surface area contributed by atoms with Crippen molar-refractivity contribution in [1.29, 1.82) is 0 Å². The second-order valence-electron chi connectivity index (χ2n) is 6.17. The average molecular weight is 331 g/mol. The van der Waals surface area contributed by atoms with Gasteiger partial charge in [0.05, 0.1) is 12.8 Å². The van der Waals surface area contributed by atoms with Crippen molar-refractivity contribution >= 4 is 11.7 Å². The Kier molecular flexibility index (Phi) is 5.87. The van der Waals surface area contributed by atoms with Gasteiger partial charge in [0.25, 0.3) is 0 Å². The molecule has 24 heavy (non-hydrogen) atoms. The summed E-state index contributed by atoms with van der Waals surface area (Å²) >= 11 is 0. The van der Waals surface area contributed by atoms with Crippen molar-refractivity contribution in [2.45, 2.75) is 18.9 Å². The van der Waals surface area contributed by atoms with Gasteiger partial charge in [0.2, 0.25) is 0 Å². The Bertz CT molecular complexity index is 634. The highest BCUT2D eigenvalue weighted by atomic mass is 16.4. The molecule has 1 aromatic heterocycles. The molecule has 130 valence electrons. The molecule has 0 aliphatic carbocycles. The van der Waals surface area contributed by atoms with E-state index in [1.165, 1.54) is 6.26 Å². The van der Waals surface area contributed by atoms with Crippen molar-refractivity contribution in [2.75, 3.05) is 32.1 Å². The summed E-state index contributed by atoms with van der Waals surface area (Å²) < 4.78 is 5.17. The molecule has 2 aromatic rings. The van der Waals surface area contributed by atoms with Crippen LogP contribution < -0.4 is 15.5 Å². The van der Waals surface area contributed by atoms with E-state index in [2.05, 4.69) is 34.9 Å². The van der Waals surface area contributed by atoms with Crippen molar-refractivity contribution in [3.05, 3.63) is 54.0 Å². The third-order valence-corrected chi connectivity index (χ3v) is 3.80. The Labute approximate surface area is 142 Å². The van der Waals surface area contributed by atoms with E-state index in [1.54, 1.807) is 19.1 Å². The van der Waals surface area contributed by atoms with E-state index in [9.17, 15) is 9.90 Å². The molecule has 0 saturated carbocycles. The van der Waals surface area contributed by atoms with Gasteiger partial charge in [0, 0.05) is 26.3 Å². The summed E-state index contributed by atoms with van der Waals surface area (Å²) in [5.74, 6) is 0.420. The monoisotopic (exact) mass is 331 g/mol. The number of anilines is 1. The van der Waals surface area contributed by atoms with E-state index >= 15 is 0 Å². The number of hydrogen-bond acceptors (Lipinski definition) is 4. The predicted molar refractivity (Wildman–Crippen MR) is 94.2 cm³/mol. The molecule has 0 fully saturated rings. The van der Waals surface area contributed by atoms with E-state index in [0.717, 1.165) is 17.7 Å². The molecule has 3 N–H and O–H groups in total. The molecule has 1 unspecified atom stereocenters. The number of nitrogens with one attached hydrogen (secondary N) is 2. The molecular formula is C18H25N3O3. The summed E-state index contributed by atoms with van der Waals surface area (Å²) in [7, 11) is 4.00. The lowest BCUT2D eigenvalue weighted by Gasteiger charge is -2.21. The number of benzene rings is 1. The smallest absolute Gasteiger partial charge is 0.314 e. The summed E-state index contributed by atoms with van der Waals surface area (Å²) in [4.78, 5) is 13.9. The fraction of sp³-hybridized carbons (Fsp3) is 0.389. The number of aliphatic hydroxyl groups is 1. The Balaban J connectivity index is 1.71. The SMILES string of the molecule is CN(C)c1ccc(CCNC(=O)NCC(C)(O)c2ccco2)cc1. The van der Waals surface area contributed by atoms with Gasteiger partial charge in [-0.3, -0.25) is 0 Å². The number of carbonyl (C=O) groups is 1. The van der Waals surface area contributed by atoms with E-state index in [-0.39, 0.29) is 12.6 Å². The van der Waals surface area contributed by atoms with Gasteiger partial charge in [-0.15, -0.1) is 0 Å². The van der Waals surface area contributed by atoms with Crippen LogP contribution in [0, 0.1) is 0 Å². The summed E-state index contributed by atoms with van der Waals surface area (Å²) in [5, 5.41) is 15.7. The van der Waals surface area contributed by atoms with E-state index in [1.807, 2.05) is 19.0 Å². The van der Waals surface area contributed by atoms with Crippen LogP contribution in [0.4, 0.5) is 10.5 Å². The molecule has 1 atom stereocenters. The highest BCUT2D eigenvalue weighted by Gasteiger charge is 2.26. The highest BCUT2D eigenvalue weighted by Crippen LogP contribution is 2.19. The number of furan rings is 1. The third-order valence-electron chi connectivity index (χ3n) is 3.80. The molecular weight excluding hydrogens is 306 g/mol. The summed E-state index contributed by atoms with van der Waals surface area (Å²) in [6.07, 6.45) is 2.24. The zero-order chi connectivity index (χ0) is 17.6. The Morgan fingerprint density at radius 3 is 2.50 bits per heavy atom. The third kappa shape index (κ3) is 5.03. The predicted octanol–water partition coefficient (Wildman–Crippen LogP) is 2.09. The van der Waals surface area contributed by atoms with Gasteiger partial charge in [0.15, 0.2) is 0 Å². The Morgan fingerprint density at radius 1 is 1.21 bits per heavy atom. The maximum atomic E-state index is 11.8. The molecule has 6 nitrogen and oxygen atoms in total. The summed E-state index contributed by atoms with van der Waals surface area (Å²) in [6.45, 7) is 2.19. The fourth-order valence-corrected chi connectivity index (χ4v) is 2.27. The van der Waals surface area contributed by atoms with Gasteiger partial charge in [-0.1, -0.05) is 12.1 Å². The minimum absolute atomic E-state index is 0.0733. The van der Waals surface area contributed by atoms with Crippen LogP contribution >= 0.6 is 0 Å². The van der Waals surface area contributed by atoms with Crippen molar-refractivity contribution < 1.29 is 14.3 Å². The van der Waals surface area contributed by atoms with Crippen molar-refractivity contribution in [2.24, 2.45) is 0 Å². The average Bonchev–Trinajstić information content (AvgIpc) is 3.09. The first kappa shape index (κ1) is 17.9. The second kappa shape index (κ2) is 7.88. The topological polar surface area (TPSA) is 77.7 Å². The number of urea groups is 1. The van der Waals surface area contributed by atoms with Crippen LogP contribution in [0.3, 0.4) is 0 Å². The minimum atomic E-state index is -1.23. The normalized spacial score (nSPS) is 13.2. The van der Waals surface area contributed by atoms with Gasteiger partial charge < -0.3 is 25.1 Å². The Morgan fingerprint density at radius 2 is 1.92 bits per heavy atom. The molecule has 0 spiro atoms. The van der Waals surface area contributed by atoms with Crippen LogP contribution in [0.1, 0.15) is 18.2 Å². The zero-order valence-electron chi connectivity index (χ0n) is 14.4. The Hall–Kier alpha value is -2.47. The number of carbonyl (C=O) groups excluding carboxylic acids is 1. The largest absolute Gasteiger partial charge is 0.466 e. The van der Waals surface area contributed by atoms with Crippen LogP contribution in [0.5, 0.6) is 0 Å². The lowest BCUT2D eigenvalue weighted by Crippen LogP contribution is -2.43. The maximum absolute atomic E-state index is 11.8. The van der Waals surface area contributed by atoms with Gasteiger partial charge in [-0.2, -0.15) is 0 Å². The molecule has 2 amide bonds. The van der Waals surface area contributed by atoms with E-state index in [4.69, 9.17) is 4.42 Å². The van der Waals surface area contributed by atoms with E-state index in [0.29, 0.717) is 12.3 Å². The number of nitrogens with zero attached hydrogens (tertiary/aromatic N) is 1. The van der Waals surface area contributed by atoms with Gasteiger partial charge in [-0.25, -0.2) is 4.79 Å².